The number of hydrogen-bond acceptors (Lipinski definition) is 4. The van der Waals surface area contributed by atoms with Gasteiger partial charge >= 0.3 is 8.80 Å². The lowest BCUT2D eigenvalue weighted by Crippen LogP contribution is -2.60. The Morgan fingerprint density at radius 3 is 1.53 bits per heavy atom. The second-order valence-corrected chi connectivity index (χ2v) is 7.71. The molecule has 0 saturated heterocycles. The minimum Gasteiger partial charge on any atom is -0.373 e. The first-order valence-corrected chi connectivity index (χ1v) is 9.64. The van der Waals surface area contributed by atoms with Crippen molar-refractivity contribution in [2.45, 2.75) is 71.9 Å². The average molecular weight is 292 g/mol. The summed E-state index contributed by atoms with van der Waals surface area (Å²) in [6, 6.07) is 0. The zero-order valence-electron chi connectivity index (χ0n) is 13.2. The minimum absolute atomic E-state index is 0.0999. The van der Waals surface area contributed by atoms with Crippen LogP contribution in [0.5, 0.6) is 0 Å². The highest BCUT2D eigenvalue weighted by Crippen LogP contribution is 2.19. The quantitative estimate of drug-likeness (QED) is 0.529. The van der Waals surface area contributed by atoms with E-state index in [1.54, 1.807) is 0 Å². The second-order valence-electron chi connectivity index (χ2n) is 4.90. The number of nitrogens with two attached hydrogens (primary N) is 1. The molecule has 4 nitrogen and oxygen atoms in total. The summed E-state index contributed by atoms with van der Waals surface area (Å²) in [4.78, 5) is 0. The van der Waals surface area contributed by atoms with Crippen molar-refractivity contribution in [1.82, 2.24) is 0 Å². The second kappa shape index (κ2) is 11.8. The molecule has 0 saturated carbocycles. The van der Waals surface area contributed by atoms with Crippen LogP contribution in [0, 0.1) is 0 Å². The van der Waals surface area contributed by atoms with Gasteiger partial charge in [0.05, 0.1) is 5.67 Å². The summed E-state index contributed by atoms with van der Waals surface area (Å²) in [5.41, 5.74) is 6.25. The largest absolute Gasteiger partial charge is 0.518 e. The van der Waals surface area contributed by atoms with Crippen molar-refractivity contribution in [3.63, 3.8) is 0 Å². The topological polar surface area (TPSA) is 53.7 Å². The number of hydrogen-bond donors (Lipinski definition) is 1. The fourth-order valence-electron chi connectivity index (χ4n) is 1.78. The number of unbranched alkanes of at least 4 members (excludes halogenated alkanes) is 1. The molecule has 1 atom stereocenters. The van der Waals surface area contributed by atoms with Gasteiger partial charge in [0.15, 0.2) is 0 Å². The van der Waals surface area contributed by atoms with Gasteiger partial charge in [0, 0.05) is 19.8 Å². The van der Waals surface area contributed by atoms with Crippen molar-refractivity contribution < 1.29 is 13.3 Å². The van der Waals surface area contributed by atoms with E-state index in [1.165, 1.54) is 0 Å². The maximum absolute atomic E-state index is 6.35. The van der Waals surface area contributed by atoms with Crippen molar-refractivity contribution in [2.24, 2.45) is 5.73 Å². The maximum Gasteiger partial charge on any atom is 0.518 e. The molecule has 5 heteroatoms. The van der Waals surface area contributed by atoms with Crippen LogP contribution in [0.15, 0.2) is 0 Å². The summed E-state index contributed by atoms with van der Waals surface area (Å²) in [5.74, 6) is 0. The molecule has 2 N–H and O–H groups in total. The van der Waals surface area contributed by atoms with Crippen molar-refractivity contribution >= 4 is 8.80 Å². The van der Waals surface area contributed by atoms with Crippen LogP contribution >= 0.6 is 0 Å². The lowest BCUT2D eigenvalue weighted by Gasteiger charge is -2.34. The highest BCUT2D eigenvalue weighted by molar-refractivity contribution is 6.62. The summed E-state index contributed by atoms with van der Waals surface area (Å²) in [6.45, 7) is 10.4. The van der Waals surface area contributed by atoms with Gasteiger partial charge in [0.2, 0.25) is 0 Å². The van der Waals surface area contributed by atoms with Gasteiger partial charge in [0.1, 0.15) is 0 Å². The van der Waals surface area contributed by atoms with Gasteiger partial charge in [-0.3, -0.25) is 0 Å². The summed E-state index contributed by atoms with van der Waals surface area (Å²) in [5, 5.41) is 0. The molecule has 0 bridgehead atoms. The minimum atomic E-state index is -2.72. The lowest BCUT2D eigenvalue weighted by molar-refractivity contribution is 0.0496. The molecule has 19 heavy (non-hydrogen) atoms. The Hall–Kier alpha value is 0.0569. The molecule has 0 fully saturated rings. The standard InChI is InChI=1S/C14H33NO3Si/c1-5-9-10-14(15)19(16-11-6-2,17-12-7-3)18-13-8-4/h14H,5-13,15H2,1-4H3. The third-order valence-electron chi connectivity index (χ3n) is 2.84. The van der Waals surface area contributed by atoms with E-state index in [-0.39, 0.29) is 5.67 Å². The Balaban J connectivity index is 4.73. The number of rotatable bonds is 13. The molecule has 0 aliphatic carbocycles. The third-order valence-corrected chi connectivity index (χ3v) is 5.86. The Kier molecular flexibility index (Phi) is 11.9. The maximum atomic E-state index is 6.35. The highest BCUT2D eigenvalue weighted by atomic mass is 28.4. The van der Waals surface area contributed by atoms with E-state index < -0.39 is 8.80 Å². The molecule has 0 rings (SSSR count). The lowest BCUT2D eigenvalue weighted by atomic mass is 10.2. The first kappa shape index (κ1) is 19.1. The molecule has 0 spiro atoms. The molecular weight excluding hydrogens is 258 g/mol. The van der Waals surface area contributed by atoms with Crippen molar-refractivity contribution in [2.75, 3.05) is 19.8 Å². The summed E-state index contributed by atoms with van der Waals surface area (Å²) < 4.78 is 18.0. The smallest absolute Gasteiger partial charge is 0.373 e. The van der Waals surface area contributed by atoms with Crippen LogP contribution in [0.25, 0.3) is 0 Å². The fourth-order valence-corrected chi connectivity index (χ4v) is 4.70. The van der Waals surface area contributed by atoms with Gasteiger partial charge in [-0.05, 0) is 25.7 Å². The van der Waals surface area contributed by atoms with E-state index in [1.807, 2.05) is 0 Å². The van der Waals surface area contributed by atoms with Crippen LogP contribution in [0.3, 0.4) is 0 Å². The van der Waals surface area contributed by atoms with E-state index in [0.717, 1.165) is 38.5 Å². The predicted molar refractivity (Wildman–Crippen MR) is 82.0 cm³/mol. The van der Waals surface area contributed by atoms with Crippen LogP contribution in [-0.4, -0.2) is 34.3 Å². The first-order valence-electron chi connectivity index (χ1n) is 7.84. The zero-order chi connectivity index (χ0) is 14.6. The molecule has 0 aromatic carbocycles. The average Bonchev–Trinajstić information content (AvgIpc) is 2.44. The molecule has 0 amide bonds. The zero-order valence-corrected chi connectivity index (χ0v) is 14.2. The van der Waals surface area contributed by atoms with Gasteiger partial charge in [-0.1, -0.05) is 40.5 Å². The molecule has 116 valence electrons. The predicted octanol–water partition coefficient (Wildman–Crippen LogP) is 3.26. The van der Waals surface area contributed by atoms with E-state index in [9.17, 15) is 0 Å². The van der Waals surface area contributed by atoms with E-state index >= 15 is 0 Å². The van der Waals surface area contributed by atoms with E-state index in [0.29, 0.717) is 19.8 Å². The van der Waals surface area contributed by atoms with Crippen molar-refractivity contribution in [3.05, 3.63) is 0 Å². The van der Waals surface area contributed by atoms with Gasteiger partial charge in [0.25, 0.3) is 0 Å². The Morgan fingerprint density at radius 2 is 1.21 bits per heavy atom. The molecule has 0 aliphatic rings. The summed E-state index contributed by atoms with van der Waals surface area (Å²) >= 11 is 0. The fraction of sp³-hybridized carbons (Fsp3) is 1.00. The molecule has 1 unspecified atom stereocenters. The molecule has 0 heterocycles. The Morgan fingerprint density at radius 1 is 0.789 bits per heavy atom. The van der Waals surface area contributed by atoms with Gasteiger partial charge in [-0.2, -0.15) is 0 Å². The monoisotopic (exact) mass is 291 g/mol. The Labute approximate surface area is 120 Å². The van der Waals surface area contributed by atoms with Crippen LogP contribution in [0.4, 0.5) is 0 Å². The van der Waals surface area contributed by atoms with E-state index in [4.69, 9.17) is 19.0 Å². The van der Waals surface area contributed by atoms with E-state index in [2.05, 4.69) is 27.7 Å². The van der Waals surface area contributed by atoms with Gasteiger partial charge in [-0.15, -0.1) is 0 Å². The molecule has 0 aromatic heterocycles. The van der Waals surface area contributed by atoms with Crippen LogP contribution in [-0.2, 0) is 13.3 Å². The van der Waals surface area contributed by atoms with Gasteiger partial charge < -0.3 is 19.0 Å². The van der Waals surface area contributed by atoms with Crippen LogP contribution < -0.4 is 5.73 Å². The van der Waals surface area contributed by atoms with Crippen molar-refractivity contribution in [1.29, 1.82) is 0 Å². The highest BCUT2D eigenvalue weighted by Gasteiger charge is 2.47. The molecule has 0 radical (unpaired) electrons. The summed E-state index contributed by atoms with van der Waals surface area (Å²) in [6.07, 6.45) is 6.02. The van der Waals surface area contributed by atoms with Crippen LogP contribution in [0.2, 0.25) is 0 Å². The summed E-state index contributed by atoms with van der Waals surface area (Å²) in [7, 11) is -2.72. The normalized spacial score (nSPS) is 13.7. The molecular formula is C14H33NO3Si. The first-order chi connectivity index (χ1) is 9.16. The van der Waals surface area contributed by atoms with Crippen molar-refractivity contribution in [3.8, 4) is 0 Å². The third kappa shape index (κ3) is 7.42. The molecule has 0 aliphatic heterocycles. The van der Waals surface area contributed by atoms with Gasteiger partial charge in [-0.25, -0.2) is 0 Å². The SMILES string of the molecule is CCCCC(N)[Si](OCCC)(OCCC)OCCC. The Bertz CT molecular complexity index is 183. The van der Waals surface area contributed by atoms with Crippen LogP contribution in [0.1, 0.15) is 66.2 Å². The molecule has 0 aromatic rings.